The standard InChI is InChI=1S/C34H37N3O/c1-5-29-31(22(4)21(2)3)36-20-24-16-17-26-27-18-19-28(23-12-8-6-9-13-23)35-33(27)38-32(26)30(24)34(36)37(29)25-14-10-7-11-15-25/h6-12,14-19,21-23,28,34-35H,5,13,20H2,1-4H3/t22?,23?,28?,34-/m0/s1. The van der Waals surface area contributed by atoms with Crippen molar-refractivity contribution in [1.29, 1.82) is 0 Å². The molecule has 1 aromatic heterocycles. The maximum absolute atomic E-state index is 6.78. The molecule has 0 radical (unpaired) electrons. The van der Waals surface area contributed by atoms with E-state index in [1.807, 2.05) is 0 Å². The molecule has 4 heteroatoms. The number of benzene rings is 2. The fourth-order valence-corrected chi connectivity index (χ4v) is 6.88. The lowest BCUT2D eigenvalue weighted by Crippen LogP contribution is -2.29. The number of fused-ring (bicyclic) bond motifs is 7. The maximum Gasteiger partial charge on any atom is 0.202 e. The molecule has 194 valence electrons. The number of rotatable bonds is 5. The number of furan rings is 1. The Bertz CT molecular complexity index is 1510. The van der Waals surface area contributed by atoms with E-state index in [0.29, 0.717) is 17.8 Å². The third-order valence-corrected chi connectivity index (χ3v) is 9.10. The van der Waals surface area contributed by atoms with Gasteiger partial charge in [-0.3, -0.25) is 0 Å². The van der Waals surface area contributed by atoms with Gasteiger partial charge in [0, 0.05) is 52.0 Å². The molecule has 0 fully saturated rings. The SMILES string of the molecule is CCC1=C(C(C)C(C)C)N2Cc3ccc4c5c(oc4c3[C@@H]2N1c1ccccc1)NC(C1C=CC=CC1)C=C5. The lowest BCUT2D eigenvalue weighted by molar-refractivity contribution is 0.259. The van der Waals surface area contributed by atoms with Crippen LogP contribution in [0.2, 0.25) is 0 Å². The van der Waals surface area contributed by atoms with Crippen molar-refractivity contribution in [2.45, 2.75) is 59.3 Å². The van der Waals surface area contributed by atoms with Crippen molar-refractivity contribution in [1.82, 2.24) is 4.90 Å². The van der Waals surface area contributed by atoms with E-state index in [4.69, 9.17) is 4.42 Å². The van der Waals surface area contributed by atoms with Crippen molar-refractivity contribution in [2.75, 3.05) is 10.2 Å². The first kappa shape index (κ1) is 23.5. The molecule has 7 rings (SSSR count). The fourth-order valence-electron chi connectivity index (χ4n) is 6.88. The molecule has 4 nitrogen and oxygen atoms in total. The smallest absolute Gasteiger partial charge is 0.202 e. The average Bonchev–Trinajstić information content (AvgIpc) is 3.60. The minimum Gasteiger partial charge on any atom is -0.440 e. The van der Waals surface area contributed by atoms with E-state index in [9.17, 15) is 0 Å². The Morgan fingerprint density at radius 2 is 1.87 bits per heavy atom. The van der Waals surface area contributed by atoms with Crippen LogP contribution in [-0.2, 0) is 6.54 Å². The first-order chi connectivity index (χ1) is 18.6. The summed E-state index contributed by atoms with van der Waals surface area (Å²) in [5.74, 6) is 2.39. The molecule has 0 bridgehead atoms. The Kier molecular flexibility index (Phi) is 5.54. The molecule has 1 N–H and O–H groups in total. The molecule has 0 amide bonds. The van der Waals surface area contributed by atoms with Crippen LogP contribution >= 0.6 is 0 Å². The van der Waals surface area contributed by atoms with Crippen LogP contribution in [0.4, 0.5) is 11.6 Å². The van der Waals surface area contributed by atoms with Crippen LogP contribution in [0.5, 0.6) is 0 Å². The number of para-hydroxylation sites is 1. The zero-order valence-corrected chi connectivity index (χ0v) is 22.8. The monoisotopic (exact) mass is 503 g/mol. The van der Waals surface area contributed by atoms with Gasteiger partial charge in [-0.25, -0.2) is 0 Å². The molecule has 4 aliphatic rings. The van der Waals surface area contributed by atoms with E-state index in [1.54, 1.807) is 0 Å². The van der Waals surface area contributed by atoms with E-state index in [0.717, 1.165) is 30.9 Å². The fraction of sp³-hybridized carbons (Fsp3) is 0.353. The van der Waals surface area contributed by atoms with Crippen LogP contribution in [0, 0.1) is 17.8 Å². The first-order valence-corrected chi connectivity index (χ1v) is 14.3. The van der Waals surface area contributed by atoms with Crippen molar-refractivity contribution in [3.05, 3.63) is 101 Å². The van der Waals surface area contributed by atoms with E-state index in [2.05, 4.69) is 122 Å². The van der Waals surface area contributed by atoms with E-state index in [1.165, 1.54) is 39.2 Å². The highest BCUT2D eigenvalue weighted by atomic mass is 16.4. The molecule has 1 aliphatic carbocycles. The highest BCUT2D eigenvalue weighted by molar-refractivity contribution is 5.97. The van der Waals surface area contributed by atoms with Crippen LogP contribution in [0.15, 0.2) is 88.7 Å². The summed E-state index contributed by atoms with van der Waals surface area (Å²) >= 11 is 0. The van der Waals surface area contributed by atoms with E-state index < -0.39 is 0 Å². The Hall–Kier alpha value is -3.66. The van der Waals surface area contributed by atoms with Gasteiger partial charge in [0.15, 0.2) is 0 Å². The molecule has 3 aliphatic heterocycles. The van der Waals surface area contributed by atoms with Crippen LogP contribution in [0.3, 0.4) is 0 Å². The molecule has 4 atom stereocenters. The van der Waals surface area contributed by atoms with Crippen LogP contribution in [0.1, 0.15) is 63.4 Å². The van der Waals surface area contributed by atoms with Gasteiger partial charge in [-0.15, -0.1) is 0 Å². The van der Waals surface area contributed by atoms with Crippen molar-refractivity contribution in [3.8, 4) is 0 Å². The van der Waals surface area contributed by atoms with E-state index in [-0.39, 0.29) is 12.2 Å². The second kappa shape index (κ2) is 8.97. The minimum absolute atomic E-state index is 0.112. The van der Waals surface area contributed by atoms with Gasteiger partial charge in [-0.1, -0.05) is 94.5 Å². The Balaban J connectivity index is 1.36. The highest BCUT2D eigenvalue weighted by Crippen LogP contribution is 2.54. The van der Waals surface area contributed by atoms with Gasteiger partial charge in [-0.05, 0) is 36.5 Å². The van der Waals surface area contributed by atoms with Gasteiger partial charge in [0.1, 0.15) is 11.7 Å². The summed E-state index contributed by atoms with van der Waals surface area (Å²) in [7, 11) is 0. The van der Waals surface area contributed by atoms with Gasteiger partial charge in [0.25, 0.3) is 0 Å². The first-order valence-electron chi connectivity index (χ1n) is 14.3. The minimum atomic E-state index is 0.112. The third kappa shape index (κ3) is 3.42. The van der Waals surface area contributed by atoms with Crippen molar-refractivity contribution in [2.24, 2.45) is 17.8 Å². The third-order valence-electron chi connectivity index (χ3n) is 9.10. The highest BCUT2D eigenvalue weighted by Gasteiger charge is 2.47. The van der Waals surface area contributed by atoms with Crippen molar-refractivity contribution >= 4 is 28.6 Å². The molecule has 0 saturated carbocycles. The predicted molar refractivity (Wildman–Crippen MR) is 158 cm³/mol. The molecule has 3 unspecified atom stereocenters. The second-order valence-electron chi connectivity index (χ2n) is 11.5. The molecule has 38 heavy (non-hydrogen) atoms. The Morgan fingerprint density at radius 3 is 2.61 bits per heavy atom. The largest absolute Gasteiger partial charge is 0.440 e. The zero-order chi connectivity index (χ0) is 26.0. The van der Waals surface area contributed by atoms with Crippen LogP contribution in [-0.4, -0.2) is 10.9 Å². The average molecular weight is 504 g/mol. The Labute approximate surface area is 226 Å². The summed E-state index contributed by atoms with van der Waals surface area (Å²) in [6, 6.07) is 15.8. The van der Waals surface area contributed by atoms with Gasteiger partial charge in [-0.2, -0.15) is 0 Å². The summed E-state index contributed by atoms with van der Waals surface area (Å²) in [4.78, 5) is 5.25. The quantitative estimate of drug-likeness (QED) is 0.378. The summed E-state index contributed by atoms with van der Waals surface area (Å²) < 4.78 is 6.78. The number of anilines is 2. The topological polar surface area (TPSA) is 31.7 Å². The molecule has 3 aromatic rings. The summed E-state index contributed by atoms with van der Waals surface area (Å²) in [5, 5.41) is 4.94. The van der Waals surface area contributed by atoms with Crippen LogP contribution < -0.4 is 10.2 Å². The maximum atomic E-state index is 6.78. The lowest BCUT2D eigenvalue weighted by Gasteiger charge is -2.31. The van der Waals surface area contributed by atoms with Gasteiger partial charge in [0.2, 0.25) is 5.88 Å². The summed E-state index contributed by atoms with van der Waals surface area (Å²) in [6.45, 7) is 10.3. The number of allylic oxidation sites excluding steroid dienone is 5. The molecule has 2 aromatic carbocycles. The molecule has 4 heterocycles. The van der Waals surface area contributed by atoms with Gasteiger partial charge >= 0.3 is 0 Å². The van der Waals surface area contributed by atoms with Gasteiger partial charge < -0.3 is 19.5 Å². The molecule has 0 spiro atoms. The number of nitrogens with zero attached hydrogens (tertiary/aromatic N) is 2. The zero-order valence-electron chi connectivity index (χ0n) is 22.8. The van der Waals surface area contributed by atoms with Crippen LogP contribution in [0.25, 0.3) is 17.0 Å². The number of hydrogen-bond acceptors (Lipinski definition) is 4. The summed E-state index contributed by atoms with van der Waals surface area (Å²) in [6.07, 6.45) is 15.6. The summed E-state index contributed by atoms with van der Waals surface area (Å²) in [5.41, 5.74) is 9.10. The number of nitrogens with one attached hydrogen (secondary N) is 1. The normalized spacial score (nSPS) is 24.3. The lowest BCUT2D eigenvalue weighted by atomic mass is 9.90. The van der Waals surface area contributed by atoms with Crippen molar-refractivity contribution < 1.29 is 4.42 Å². The molecular formula is C34H37N3O. The number of hydrogen-bond donors (Lipinski definition) is 1. The predicted octanol–water partition coefficient (Wildman–Crippen LogP) is 8.62. The van der Waals surface area contributed by atoms with Crippen molar-refractivity contribution in [3.63, 3.8) is 0 Å². The molecular weight excluding hydrogens is 466 g/mol. The van der Waals surface area contributed by atoms with Gasteiger partial charge in [0.05, 0.1) is 6.04 Å². The second-order valence-corrected chi connectivity index (χ2v) is 11.5. The Morgan fingerprint density at radius 1 is 1.03 bits per heavy atom. The van der Waals surface area contributed by atoms with E-state index >= 15 is 0 Å². The molecule has 0 saturated heterocycles.